The maximum Gasteiger partial charge on any atom is 0.233 e. The molecule has 0 atom stereocenters. The van der Waals surface area contributed by atoms with Crippen molar-refractivity contribution >= 4 is 23.6 Å². The lowest BCUT2D eigenvalue weighted by molar-refractivity contribution is -0.120. The third kappa shape index (κ3) is 5.79. The lowest BCUT2D eigenvalue weighted by atomic mass is 10.0. The molecule has 0 saturated heterocycles. The third-order valence-corrected chi connectivity index (χ3v) is 4.57. The van der Waals surface area contributed by atoms with Crippen molar-refractivity contribution in [2.24, 2.45) is 0 Å². The molecular weight excluding hydrogens is 350 g/mol. The molecule has 0 fully saturated rings. The predicted molar refractivity (Wildman–Crippen MR) is 115 cm³/mol. The number of hydrogen-bond donors (Lipinski definition) is 2. The number of carbonyl (C=O) groups excluding carboxylic acids is 2. The van der Waals surface area contributed by atoms with E-state index < -0.39 is 0 Å². The Morgan fingerprint density at radius 1 is 1.07 bits per heavy atom. The van der Waals surface area contributed by atoms with Crippen molar-refractivity contribution in [3.8, 4) is 0 Å². The molecule has 0 bridgehead atoms. The smallest absolute Gasteiger partial charge is 0.233 e. The van der Waals surface area contributed by atoms with Crippen LogP contribution in [0.2, 0.25) is 0 Å². The lowest BCUT2D eigenvalue weighted by Crippen LogP contribution is -2.37. The quantitative estimate of drug-likeness (QED) is 0.667. The van der Waals surface area contributed by atoms with Gasteiger partial charge >= 0.3 is 0 Å². The van der Waals surface area contributed by atoms with Gasteiger partial charge in [-0.2, -0.15) is 0 Å². The van der Waals surface area contributed by atoms with Crippen LogP contribution in [0.5, 0.6) is 0 Å². The van der Waals surface area contributed by atoms with Crippen molar-refractivity contribution in [3.63, 3.8) is 0 Å². The normalized spacial score (nSPS) is 10.4. The Balaban J connectivity index is 2.24. The molecule has 0 aliphatic heterocycles. The number of amides is 2. The van der Waals surface area contributed by atoms with Gasteiger partial charge in [0, 0.05) is 13.0 Å². The molecule has 2 amide bonds. The number of hydrogen-bond acceptors (Lipinski definition) is 3. The Bertz CT molecular complexity index is 817. The van der Waals surface area contributed by atoms with Crippen LogP contribution >= 0.6 is 0 Å². The maximum absolute atomic E-state index is 13.1. The van der Waals surface area contributed by atoms with Gasteiger partial charge in [0.2, 0.25) is 11.8 Å². The number of nitrogens with zero attached hydrogens (tertiary/aromatic N) is 1. The molecule has 0 aliphatic rings. The van der Waals surface area contributed by atoms with Crippen LogP contribution in [-0.2, 0) is 22.6 Å². The van der Waals surface area contributed by atoms with Gasteiger partial charge < -0.3 is 15.5 Å². The van der Waals surface area contributed by atoms with E-state index in [0.717, 1.165) is 23.2 Å². The molecular formula is C23H29N3O2. The molecule has 0 aliphatic carbocycles. The molecule has 0 radical (unpaired) electrons. The first kappa shape index (κ1) is 21.4. The SMILES string of the molecule is C=Cc1ccccc1N(Cc1ccccc1CC)C(=O)CCNC(=O)CNC. The Morgan fingerprint density at radius 3 is 2.43 bits per heavy atom. The number of aryl methyl sites for hydroxylation is 1. The fourth-order valence-electron chi connectivity index (χ4n) is 3.11. The Kier molecular flexibility index (Phi) is 8.43. The second-order valence-electron chi connectivity index (χ2n) is 6.50. The molecule has 0 spiro atoms. The van der Waals surface area contributed by atoms with Gasteiger partial charge in [0.25, 0.3) is 0 Å². The zero-order chi connectivity index (χ0) is 20.4. The molecule has 2 aromatic carbocycles. The van der Waals surface area contributed by atoms with Gasteiger partial charge in [-0.3, -0.25) is 9.59 Å². The zero-order valence-electron chi connectivity index (χ0n) is 16.7. The van der Waals surface area contributed by atoms with E-state index in [4.69, 9.17) is 0 Å². The van der Waals surface area contributed by atoms with Crippen molar-refractivity contribution in [2.45, 2.75) is 26.3 Å². The number of anilines is 1. The van der Waals surface area contributed by atoms with Crippen molar-refractivity contribution in [3.05, 3.63) is 71.8 Å². The van der Waals surface area contributed by atoms with Crippen molar-refractivity contribution in [2.75, 3.05) is 25.0 Å². The highest BCUT2D eigenvalue weighted by molar-refractivity contribution is 5.95. The Morgan fingerprint density at radius 2 is 1.75 bits per heavy atom. The Labute approximate surface area is 167 Å². The fraction of sp³-hybridized carbons (Fsp3) is 0.304. The van der Waals surface area contributed by atoms with Gasteiger partial charge in [0.1, 0.15) is 0 Å². The van der Waals surface area contributed by atoms with Crippen LogP contribution in [0, 0.1) is 0 Å². The lowest BCUT2D eigenvalue weighted by Gasteiger charge is -2.26. The minimum atomic E-state index is -0.121. The summed E-state index contributed by atoms with van der Waals surface area (Å²) in [5.41, 5.74) is 4.08. The second-order valence-corrected chi connectivity index (χ2v) is 6.50. The van der Waals surface area contributed by atoms with Gasteiger partial charge in [-0.15, -0.1) is 0 Å². The fourth-order valence-corrected chi connectivity index (χ4v) is 3.11. The van der Waals surface area contributed by atoms with Crippen molar-refractivity contribution < 1.29 is 9.59 Å². The minimum Gasteiger partial charge on any atom is -0.354 e. The van der Waals surface area contributed by atoms with Gasteiger partial charge in [0.15, 0.2) is 0 Å². The molecule has 0 saturated carbocycles. The summed E-state index contributed by atoms with van der Waals surface area (Å²) in [7, 11) is 1.71. The second kappa shape index (κ2) is 11.0. The van der Waals surface area contributed by atoms with E-state index in [0.29, 0.717) is 13.1 Å². The number of nitrogens with one attached hydrogen (secondary N) is 2. The largest absolute Gasteiger partial charge is 0.354 e. The van der Waals surface area contributed by atoms with E-state index in [9.17, 15) is 9.59 Å². The number of para-hydroxylation sites is 1. The summed E-state index contributed by atoms with van der Waals surface area (Å²) in [5, 5.41) is 5.56. The van der Waals surface area contributed by atoms with Crippen LogP contribution in [0.1, 0.15) is 30.0 Å². The van der Waals surface area contributed by atoms with Gasteiger partial charge in [-0.1, -0.05) is 62.0 Å². The molecule has 0 heterocycles. The summed E-state index contributed by atoms with van der Waals surface area (Å²) in [4.78, 5) is 26.5. The van der Waals surface area contributed by atoms with Crippen LogP contribution in [0.3, 0.4) is 0 Å². The highest BCUT2D eigenvalue weighted by Gasteiger charge is 2.19. The minimum absolute atomic E-state index is 0.0371. The molecule has 28 heavy (non-hydrogen) atoms. The molecule has 2 N–H and O–H groups in total. The summed E-state index contributed by atoms with van der Waals surface area (Å²) in [6.45, 7) is 7.02. The van der Waals surface area contributed by atoms with Crippen LogP contribution in [0.15, 0.2) is 55.1 Å². The van der Waals surface area contributed by atoms with E-state index in [1.807, 2.05) is 36.4 Å². The maximum atomic E-state index is 13.1. The average Bonchev–Trinajstić information content (AvgIpc) is 2.72. The summed E-state index contributed by atoms with van der Waals surface area (Å²) in [6.07, 6.45) is 2.90. The highest BCUT2D eigenvalue weighted by atomic mass is 16.2. The number of likely N-dealkylation sites (N-methyl/N-ethyl adjacent to an activating group) is 1. The first-order chi connectivity index (χ1) is 13.6. The first-order valence-corrected chi connectivity index (χ1v) is 9.60. The highest BCUT2D eigenvalue weighted by Crippen LogP contribution is 2.25. The molecule has 2 rings (SSSR count). The summed E-state index contributed by atoms with van der Waals surface area (Å²) in [5.74, 6) is -0.158. The Hall–Kier alpha value is -2.92. The van der Waals surface area contributed by atoms with Crippen molar-refractivity contribution in [1.82, 2.24) is 10.6 Å². The predicted octanol–water partition coefficient (Wildman–Crippen LogP) is 3.15. The molecule has 0 unspecified atom stereocenters. The third-order valence-electron chi connectivity index (χ3n) is 4.57. The topological polar surface area (TPSA) is 61.4 Å². The van der Waals surface area contributed by atoms with Crippen LogP contribution in [-0.4, -0.2) is 32.0 Å². The number of carbonyl (C=O) groups is 2. The van der Waals surface area contributed by atoms with E-state index in [1.54, 1.807) is 18.0 Å². The standard InChI is InChI=1S/C23H29N3O2/c1-4-18-10-6-7-12-20(18)17-26(21-13-9-8-11-19(21)5-2)23(28)14-15-25-22(27)16-24-3/h5-13,24H,2,4,14-17H2,1,3H3,(H,25,27). The van der Waals surface area contributed by atoms with Gasteiger partial charge in [-0.05, 0) is 36.2 Å². The van der Waals surface area contributed by atoms with Crippen molar-refractivity contribution in [1.29, 1.82) is 0 Å². The van der Waals surface area contributed by atoms with Crippen LogP contribution in [0.4, 0.5) is 5.69 Å². The number of rotatable bonds is 10. The molecule has 2 aromatic rings. The van der Waals surface area contributed by atoms with Crippen LogP contribution < -0.4 is 15.5 Å². The van der Waals surface area contributed by atoms with E-state index >= 15 is 0 Å². The number of benzene rings is 2. The molecule has 0 aromatic heterocycles. The first-order valence-electron chi connectivity index (χ1n) is 9.60. The zero-order valence-corrected chi connectivity index (χ0v) is 16.7. The average molecular weight is 380 g/mol. The molecule has 148 valence electrons. The monoisotopic (exact) mass is 379 g/mol. The van der Waals surface area contributed by atoms with E-state index in [-0.39, 0.29) is 24.8 Å². The molecule has 5 heteroatoms. The van der Waals surface area contributed by atoms with Crippen LogP contribution in [0.25, 0.3) is 6.08 Å². The van der Waals surface area contributed by atoms with Gasteiger partial charge in [-0.25, -0.2) is 0 Å². The molecule has 5 nitrogen and oxygen atoms in total. The van der Waals surface area contributed by atoms with Gasteiger partial charge in [0.05, 0.1) is 18.8 Å². The summed E-state index contributed by atoms with van der Waals surface area (Å²) in [6, 6.07) is 15.9. The van der Waals surface area contributed by atoms with E-state index in [1.165, 1.54) is 5.56 Å². The van der Waals surface area contributed by atoms with E-state index in [2.05, 4.69) is 36.3 Å². The summed E-state index contributed by atoms with van der Waals surface area (Å²) >= 11 is 0. The summed E-state index contributed by atoms with van der Waals surface area (Å²) < 4.78 is 0.